The average Bonchev–Trinajstić information content (AvgIpc) is 3.31. The van der Waals surface area contributed by atoms with E-state index in [2.05, 4.69) is 32.1 Å². The molecule has 0 bridgehead atoms. The van der Waals surface area contributed by atoms with E-state index in [1.807, 2.05) is 6.08 Å². The summed E-state index contributed by atoms with van der Waals surface area (Å²) in [5.74, 6) is -0.995. The number of hydrogen-bond donors (Lipinski definition) is 7. The van der Waals surface area contributed by atoms with Gasteiger partial charge in [-0.15, -0.1) is 0 Å². The molecule has 4 unspecified atom stereocenters. The molecule has 15 nitrogen and oxygen atoms in total. The highest BCUT2D eigenvalue weighted by Gasteiger charge is 2.47. The minimum Gasteiger partial charge on any atom is -0.462 e. The van der Waals surface area contributed by atoms with Crippen LogP contribution in [0.2, 0.25) is 0 Å². The molecule has 2 saturated heterocycles. The van der Waals surface area contributed by atoms with Crippen molar-refractivity contribution in [3.05, 3.63) is 24.3 Å². The van der Waals surface area contributed by atoms with Crippen molar-refractivity contribution in [1.82, 2.24) is 0 Å². The first-order chi connectivity index (χ1) is 32.0. The fourth-order valence-corrected chi connectivity index (χ4v) is 8.11. The van der Waals surface area contributed by atoms with Crippen molar-refractivity contribution in [1.29, 1.82) is 0 Å². The summed E-state index contributed by atoms with van der Waals surface area (Å²) in [6.07, 6.45) is 22.2. The molecule has 0 aromatic carbocycles. The predicted molar refractivity (Wildman–Crippen MR) is 252 cm³/mol. The van der Waals surface area contributed by atoms with Crippen molar-refractivity contribution in [3.63, 3.8) is 0 Å². The van der Waals surface area contributed by atoms with E-state index in [-0.39, 0.29) is 19.4 Å². The molecule has 0 radical (unpaired) electrons. The standard InChI is InChI=1S/C51H92O15/c1-3-5-7-9-11-13-15-17-19-21-23-25-27-29-31-33-42(53)61-36-39(64-43(54)34-32-30-28-26-24-22-20-18-16-14-12-10-8-6-4-2)37-62-50-49(60)47(58)45(56)41(66-50)38-63-51-48(59)46(57)44(55)40(35-52)65-51/h22,24,27,29,39-41,44-52,55-60H,3-21,23,25-26,28,30-38H2,1-2H3/b24-22+,29-27+/t39-,40-,41-,44+,45+,46?,47?,48?,49?,50-,51-/m1/s1. The van der Waals surface area contributed by atoms with Gasteiger partial charge in [0.05, 0.1) is 19.8 Å². The van der Waals surface area contributed by atoms with Gasteiger partial charge in [-0.05, 0) is 51.4 Å². The molecule has 2 aliphatic heterocycles. The van der Waals surface area contributed by atoms with Gasteiger partial charge in [-0.25, -0.2) is 0 Å². The number of unbranched alkanes of at least 4 members (excludes halogenated alkanes) is 22. The first-order valence-corrected chi connectivity index (χ1v) is 25.9. The number of allylic oxidation sites excluding steroid dienone is 4. The number of ether oxygens (including phenoxy) is 6. The summed E-state index contributed by atoms with van der Waals surface area (Å²) in [7, 11) is 0. The third-order valence-electron chi connectivity index (χ3n) is 12.4. The van der Waals surface area contributed by atoms with Crippen molar-refractivity contribution in [2.24, 2.45) is 0 Å². The van der Waals surface area contributed by atoms with E-state index in [1.54, 1.807) is 0 Å². The number of rotatable bonds is 40. The maximum Gasteiger partial charge on any atom is 0.306 e. The highest BCUT2D eigenvalue weighted by molar-refractivity contribution is 5.70. The van der Waals surface area contributed by atoms with Crippen LogP contribution in [0, 0.1) is 0 Å². The van der Waals surface area contributed by atoms with E-state index < -0.39 is 99.3 Å². The lowest BCUT2D eigenvalue weighted by Crippen LogP contribution is -2.61. The van der Waals surface area contributed by atoms with E-state index in [1.165, 1.54) is 116 Å². The van der Waals surface area contributed by atoms with Crippen LogP contribution in [0.15, 0.2) is 24.3 Å². The van der Waals surface area contributed by atoms with Crippen LogP contribution < -0.4 is 0 Å². The average molecular weight is 945 g/mol. The van der Waals surface area contributed by atoms with Gasteiger partial charge < -0.3 is 64.2 Å². The van der Waals surface area contributed by atoms with Gasteiger partial charge in [0.1, 0.15) is 55.4 Å². The highest BCUT2D eigenvalue weighted by atomic mass is 16.7. The second-order valence-corrected chi connectivity index (χ2v) is 18.3. The van der Waals surface area contributed by atoms with Crippen LogP contribution in [0.5, 0.6) is 0 Å². The number of aliphatic hydroxyl groups is 7. The van der Waals surface area contributed by atoms with Crippen molar-refractivity contribution in [2.75, 3.05) is 26.4 Å². The maximum atomic E-state index is 13.0. The van der Waals surface area contributed by atoms with E-state index in [0.717, 1.165) is 38.5 Å². The summed E-state index contributed by atoms with van der Waals surface area (Å²) < 4.78 is 33.5. The van der Waals surface area contributed by atoms with E-state index in [0.29, 0.717) is 12.8 Å². The summed E-state index contributed by atoms with van der Waals surface area (Å²) in [6, 6.07) is 0. The normalized spacial score (nSPS) is 26.3. The number of carbonyl (C=O) groups is 2. The van der Waals surface area contributed by atoms with E-state index in [9.17, 15) is 45.3 Å². The second kappa shape index (κ2) is 38.8. The quantitative estimate of drug-likeness (QED) is 0.0184. The van der Waals surface area contributed by atoms with Gasteiger partial charge in [-0.3, -0.25) is 9.59 Å². The van der Waals surface area contributed by atoms with Crippen LogP contribution in [0.3, 0.4) is 0 Å². The van der Waals surface area contributed by atoms with Gasteiger partial charge in [-0.1, -0.05) is 154 Å². The minimum absolute atomic E-state index is 0.133. The molecule has 7 N–H and O–H groups in total. The largest absolute Gasteiger partial charge is 0.462 e. The van der Waals surface area contributed by atoms with E-state index in [4.69, 9.17) is 28.4 Å². The molecule has 0 saturated carbocycles. The predicted octanol–water partition coefficient (Wildman–Crippen LogP) is 7.16. The summed E-state index contributed by atoms with van der Waals surface area (Å²) >= 11 is 0. The van der Waals surface area contributed by atoms with Crippen LogP contribution in [-0.2, 0) is 38.0 Å². The Kier molecular flexibility index (Phi) is 35.3. The van der Waals surface area contributed by atoms with Crippen LogP contribution >= 0.6 is 0 Å². The zero-order valence-electron chi connectivity index (χ0n) is 40.7. The molecule has 0 aromatic heterocycles. The van der Waals surface area contributed by atoms with Crippen LogP contribution in [-0.4, -0.2) is 142 Å². The molecule has 2 aliphatic rings. The molecule has 0 spiro atoms. The van der Waals surface area contributed by atoms with Crippen LogP contribution in [0.1, 0.15) is 194 Å². The Morgan fingerprint density at radius 3 is 1.39 bits per heavy atom. The SMILES string of the molecule is CCCCCCCCCC/C=C/CCCCCC(=O)O[C@H](COC(=O)CC/C=C/CCCCCCCCCCCCC)CO[C@@H]1O[C@H](CO[C@@H]2O[C@H](CO)[C@H](O)C(O)C2O)[C@H](O)C(O)C1O. The fraction of sp³-hybridized carbons (Fsp3) is 0.882. The molecule has 2 rings (SSSR count). The fourth-order valence-electron chi connectivity index (χ4n) is 8.11. The van der Waals surface area contributed by atoms with E-state index >= 15 is 0 Å². The summed E-state index contributed by atoms with van der Waals surface area (Å²) in [5, 5.41) is 72.0. The third-order valence-corrected chi connectivity index (χ3v) is 12.4. The van der Waals surface area contributed by atoms with Crippen LogP contribution in [0.25, 0.3) is 0 Å². The lowest BCUT2D eigenvalue weighted by atomic mass is 9.98. The maximum absolute atomic E-state index is 13.0. The molecule has 386 valence electrons. The number of esters is 2. The molecule has 66 heavy (non-hydrogen) atoms. The summed E-state index contributed by atoms with van der Waals surface area (Å²) in [4.78, 5) is 25.7. The van der Waals surface area contributed by atoms with Gasteiger partial charge in [0.15, 0.2) is 18.7 Å². The zero-order chi connectivity index (χ0) is 48.2. The monoisotopic (exact) mass is 945 g/mol. The topological polar surface area (TPSA) is 231 Å². The second-order valence-electron chi connectivity index (χ2n) is 18.3. The molecule has 2 heterocycles. The molecular formula is C51H92O15. The van der Waals surface area contributed by atoms with Gasteiger partial charge in [-0.2, -0.15) is 0 Å². The van der Waals surface area contributed by atoms with Gasteiger partial charge in [0.25, 0.3) is 0 Å². The molecule has 15 heteroatoms. The van der Waals surface area contributed by atoms with Crippen molar-refractivity contribution in [3.8, 4) is 0 Å². The number of hydrogen-bond acceptors (Lipinski definition) is 15. The third kappa shape index (κ3) is 26.7. The summed E-state index contributed by atoms with van der Waals surface area (Å²) in [5.41, 5.74) is 0. The molecular weight excluding hydrogens is 853 g/mol. The molecule has 2 fully saturated rings. The van der Waals surface area contributed by atoms with Gasteiger partial charge in [0, 0.05) is 12.8 Å². The molecule has 0 amide bonds. The number of carbonyl (C=O) groups excluding carboxylic acids is 2. The van der Waals surface area contributed by atoms with Gasteiger partial charge in [0.2, 0.25) is 0 Å². The zero-order valence-corrected chi connectivity index (χ0v) is 40.7. The first-order valence-electron chi connectivity index (χ1n) is 25.9. The lowest BCUT2D eigenvalue weighted by molar-refractivity contribution is -0.332. The summed E-state index contributed by atoms with van der Waals surface area (Å²) in [6.45, 7) is 2.54. The lowest BCUT2D eigenvalue weighted by Gasteiger charge is -2.42. The van der Waals surface area contributed by atoms with Crippen molar-refractivity contribution in [2.45, 2.75) is 261 Å². The Labute approximate surface area is 396 Å². The minimum atomic E-state index is -1.77. The Morgan fingerprint density at radius 2 is 0.894 bits per heavy atom. The number of aliphatic hydroxyl groups excluding tert-OH is 7. The Balaban J connectivity index is 1.83. The Morgan fingerprint density at radius 1 is 0.470 bits per heavy atom. The first kappa shape index (κ1) is 60.1. The molecule has 11 atom stereocenters. The highest BCUT2D eigenvalue weighted by Crippen LogP contribution is 2.26. The Hall–Kier alpha value is -2.02. The Bertz CT molecular complexity index is 1250. The molecule has 0 aliphatic carbocycles. The smallest absolute Gasteiger partial charge is 0.306 e. The molecule has 0 aromatic rings. The van der Waals surface area contributed by atoms with Crippen molar-refractivity contribution < 1.29 is 73.8 Å². The van der Waals surface area contributed by atoms with Crippen molar-refractivity contribution >= 4 is 11.9 Å². The van der Waals surface area contributed by atoms with Crippen LogP contribution in [0.4, 0.5) is 0 Å². The van der Waals surface area contributed by atoms with Gasteiger partial charge >= 0.3 is 11.9 Å².